The summed E-state index contributed by atoms with van der Waals surface area (Å²) in [5.74, 6) is 0. The van der Waals surface area contributed by atoms with Gasteiger partial charge in [0, 0.05) is 5.02 Å². The topological polar surface area (TPSA) is 3.24 Å². The molecular formula is C18H28ClNSi. The van der Waals surface area contributed by atoms with Gasteiger partial charge in [-0.25, -0.2) is 0 Å². The van der Waals surface area contributed by atoms with Gasteiger partial charge >= 0.3 is 0 Å². The number of nitrogens with zero attached hydrogens (tertiary/aromatic N) is 1. The predicted octanol–water partition coefficient (Wildman–Crippen LogP) is 4.69. The maximum absolute atomic E-state index is 6.03. The minimum Gasteiger partial charge on any atom is -0.303 e. The highest BCUT2D eigenvalue weighted by Gasteiger charge is 2.27. The van der Waals surface area contributed by atoms with Crippen LogP contribution in [-0.2, 0) is 0 Å². The van der Waals surface area contributed by atoms with Crippen molar-refractivity contribution < 1.29 is 0 Å². The maximum Gasteiger partial charge on any atom is 0.0874 e. The van der Waals surface area contributed by atoms with Crippen LogP contribution in [0.2, 0.25) is 23.7 Å². The van der Waals surface area contributed by atoms with Gasteiger partial charge in [0.15, 0.2) is 0 Å². The Hall–Kier alpha value is -0.573. The second-order valence-corrected chi connectivity index (χ2v) is 11.6. The van der Waals surface area contributed by atoms with E-state index >= 15 is 0 Å². The first-order valence-corrected chi connectivity index (χ1v) is 11.5. The summed E-state index contributed by atoms with van der Waals surface area (Å²) in [6, 6.07) is 11.1. The number of likely N-dealkylation sites (tertiary alicyclic amines) is 1. The fourth-order valence-electron chi connectivity index (χ4n) is 3.41. The first-order chi connectivity index (χ1) is 10.1. The van der Waals surface area contributed by atoms with Gasteiger partial charge in [-0.05, 0) is 57.1 Å². The average molecular weight is 322 g/mol. The molecule has 1 heterocycles. The minimum atomic E-state index is -1.44. The van der Waals surface area contributed by atoms with E-state index in [4.69, 9.17) is 11.6 Å². The summed E-state index contributed by atoms with van der Waals surface area (Å²) in [6.45, 7) is 10.4. The molecule has 1 saturated heterocycles. The van der Waals surface area contributed by atoms with E-state index in [0.717, 1.165) is 11.1 Å². The molecule has 0 bridgehead atoms. The van der Waals surface area contributed by atoms with E-state index in [0.29, 0.717) is 0 Å². The zero-order valence-corrected chi connectivity index (χ0v) is 15.0. The van der Waals surface area contributed by atoms with Gasteiger partial charge in [0.1, 0.15) is 0 Å². The molecule has 3 heteroatoms. The highest BCUT2D eigenvalue weighted by atomic mass is 35.5. The van der Waals surface area contributed by atoms with Gasteiger partial charge in [-0.2, -0.15) is 0 Å². The van der Waals surface area contributed by atoms with Crippen LogP contribution < -0.4 is 5.19 Å². The minimum absolute atomic E-state index is 0.835. The van der Waals surface area contributed by atoms with E-state index in [2.05, 4.69) is 36.2 Å². The third-order valence-corrected chi connectivity index (χ3v) is 9.41. The molecule has 1 nitrogen and oxygen atoms in total. The number of hydrogen-bond donors (Lipinski definition) is 0. The van der Waals surface area contributed by atoms with Crippen LogP contribution in [0.25, 0.3) is 0 Å². The summed E-state index contributed by atoms with van der Waals surface area (Å²) in [6.07, 6.45) is 7.63. The molecule has 1 unspecified atom stereocenters. The fourth-order valence-corrected chi connectivity index (χ4v) is 6.81. The van der Waals surface area contributed by atoms with E-state index in [-0.39, 0.29) is 0 Å². The van der Waals surface area contributed by atoms with Gasteiger partial charge < -0.3 is 4.90 Å². The molecular weight excluding hydrogens is 294 g/mol. The molecule has 0 aromatic heterocycles. The van der Waals surface area contributed by atoms with Crippen molar-refractivity contribution >= 4 is 24.9 Å². The number of allylic oxidation sites excluding steroid dienone is 1. The summed E-state index contributed by atoms with van der Waals surface area (Å²) < 4.78 is 0. The Kier molecular flexibility index (Phi) is 6.53. The lowest BCUT2D eigenvalue weighted by Gasteiger charge is -2.30. The molecule has 0 saturated carbocycles. The van der Waals surface area contributed by atoms with Crippen molar-refractivity contribution in [3.63, 3.8) is 0 Å². The van der Waals surface area contributed by atoms with Crippen molar-refractivity contribution in [1.29, 1.82) is 0 Å². The van der Waals surface area contributed by atoms with E-state index < -0.39 is 8.07 Å². The largest absolute Gasteiger partial charge is 0.303 e. The Balaban J connectivity index is 1.93. The molecule has 2 rings (SSSR count). The Morgan fingerprint density at radius 1 is 1.19 bits per heavy atom. The monoisotopic (exact) mass is 321 g/mol. The van der Waals surface area contributed by atoms with E-state index in [9.17, 15) is 0 Å². The lowest BCUT2D eigenvalue weighted by atomic mass is 10.1. The molecule has 1 aromatic carbocycles. The van der Waals surface area contributed by atoms with Crippen LogP contribution in [0.4, 0.5) is 0 Å². The molecule has 116 valence electrons. The number of hydrogen-bond acceptors (Lipinski definition) is 1. The second kappa shape index (κ2) is 8.16. The van der Waals surface area contributed by atoms with Crippen LogP contribution in [0.1, 0.15) is 25.7 Å². The molecule has 0 amide bonds. The van der Waals surface area contributed by atoms with Gasteiger partial charge in [0.25, 0.3) is 0 Å². The zero-order chi connectivity index (χ0) is 15.1. The molecule has 0 aliphatic carbocycles. The van der Waals surface area contributed by atoms with Crippen LogP contribution in [0.5, 0.6) is 0 Å². The van der Waals surface area contributed by atoms with Gasteiger partial charge in [-0.15, -0.1) is 6.58 Å². The van der Waals surface area contributed by atoms with Crippen LogP contribution in [0.3, 0.4) is 0 Å². The molecule has 1 aromatic rings. The number of benzene rings is 1. The molecule has 0 radical (unpaired) electrons. The Labute approximate surface area is 136 Å². The van der Waals surface area contributed by atoms with E-state index in [1.54, 1.807) is 0 Å². The standard InChI is InChI=1S/C18H28ClNSi/c1-3-15-21(2,18-10-8-17(19)9-11-18)16-7-14-20-12-5-4-6-13-20/h3,8-11H,1,4-7,12-16H2,2H3. The van der Waals surface area contributed by atoms with Crippen molar-refractivity contribution in [3.8, 4) is 0 Å². The Bertz CT molecular complexity index is 439. The number of piperidine rings is 1. The highest BCUT2D eigenvalue weighted by Crippen LogP contribution is 2.21. The molecule has 1 aliphatic heterocycles. The molecule has 1 aliphatic rings. The van der Waals surface area contributed by atoms with Crippen LogP contribution in [0, 0.1) is 0 Å². The molecule has 21 heavy (non-hydrogen) atoms. The third-order valence-electron chi connectivity index (χ3n) is 4.79. The summed E-state index contributed by atoms with van der Waals surface area (Å²) in [7, 11) is -1.44. The van der Waals surface area contributed by atoms with Crippen molar-refractivity contribution in [2.45, 2.75) is 44.3 Å². The fraction of sp³-hybridized carbons (Fsp3) is 0.556. The second-order valence-electron chi connectivity index (χ2n) is 6.57. The summed E-state index contributed by atoms with van der Waals surface area (Å²) in [5, 5.41) is 2.35. The van der Waals surface area contributed by atoms with Gasteiger partial charge in [-0.3, -0.25) is 0 Å². The molecule has 1 atom stereocenters. The Morgan fingerprint density at radius 2 is 1.86 bits per heavy atom. The van der Waals surface area contributed by atoms with Gasteiger partial charge in [0.05, 0.1) is 8.07 Å². The van der Waals surface area contributed by atoms with Crippen molar-refractivity contribution in [3.05, 3.63) is 41.9 Å². The smallest absolute Gasteiger partial charge is 0.0874 e. The summed E-state index contributed by atoms with van der Waals surface area (Å²) in [4.78, 5) is 2.65. The van der Waals surface area contributed by atoms with Crippen LogP contribution >= 0.6 is 11.6 Å². The lowest BCUT2D eigenvalue weighted by Crippen LogP contribution is -2.44. The van der Waals surface area contributed by atoms with E-state index in [1.165, 1.54) is 56.5 Å². The van der Waals surface area contributed by atoms with E-state index in [1.807, 2.05) is 12.1 Å². The summed E-state index contributed by atoms with van der Waals surface area (Å²) >= 11 is 6.03. The molecule has 1 fully saturated rings. The zero-order valence-electron chi connectivity index (χ0n) is 13.3. The lowest BCUT2D eigenvalue weighted by molar-refractivity contribution is 0.229. The maximum atomic E-state index is 6.03. The average Bonchev–Trinajstić information content (AvgIpc) is 2.49. The first kappa shape index (κ1) is 16.8. The van der Waals surface area contributed by atoms with Crippen molar-refractivity contribution in [2.75, 3.05) is 19.6 Å². The van der Waals surface area contributed by atoms with Crippen molar-refractivity contribution in [1.82, 2.24) is 4.90 Å². The van der Waals surface area contributed by atoms with Gasteiger partial charge in [-0.1, -0.05) is 54.0 Å². The first-order valence-electron chi connectivity index (χ1n) is 8.23. The Morgan fingerprint density at radius 3 is 2.48 bits per heavy atom. The SMILES string of the molecule is C=CC[Si](C)(CCCN1CCCCC1)c1ccc(Cl)cc1. The quantitative estimate of drug-likeness (QED) is 0.520. The van der Waals surface area contributed by atoms with Crippen LogP contribution in [0.15, 0.2) is 36.9 Å². The van der Waals surface area contributed by atoms with Crippen molar-refractivity contribution in [2.24, 2.45) is 0 Å². The molecule has 0 N–H and O–H groups in total. The normalized spacial score (nSPS) is 19.1. The summed E-state index contributed by atoms with van der Waals surface area (Å²) in [5.41, 5.74) is 0. The molecule has 0 spiro atoms. The highest BCUT2D eigenvalue weighted by molar-refractivity contribution is 6.91. The predicted molar refractivity (Wildman–Crippen MR) is 97.4 cm³/mol. The third kappa shape index (κ3) is 4.98. The van der Waals surface area contributed by atoms with Gasteiger partial charge in [0.2, 0.25) is 0 Å². The van der Waals surface area contributed by atoms with Crippen LogP contribution in [-0.4, -0.2) is 32.6 Å². The number of halogens is 1. The number of rotatable bonds is 7.